The summed E-state index contributed by atoms with van der Waals surface area (Å²) < 4.78 is 0. The van der Waals surface area contributed by atoms with Gasteiger partial charge in [0.1, 0.15) is 0 Å². The van der Waals surface area contributed by atoms with E-state index in [1.54, 1.807) is 0 Å². The summed E-state index contributed by atoms with van der Waals surface area (Å²) in [6.45, 7) is 8.03. The first-order valence-electron chi connectivity index (χ1n) is 8.39. The second-order valence-electron chi connectivity index (χ2n) is 7.61. The highest BCUT2D eigenvalue weighted by molar-refractivity contribution is 5.75. The van der Waals surface area contributed by atoms with E-state index in [0.717, 1.165) is 29.9 Å². The van der Waals surface area contributed by atoms with E-state index < -0.39 is 0 Å². The molecule has 0 saturated heterocycles. The minimum Gasteiger partial charge on any atom is -0.361 e. The summed E-state index contributed by atoms with van der Waals surface area (Å²) in [7, 11) is 3.90. The van der Waals surface area contributed by atoms with Gasteiger partial charge in [-0.05, 0) is 29.4 Å². The van der Waals surface area contributed by atoms with E-state index in [0.29, 0.717) is 25.0 Å². The molecule has 2 atom stereocenters. The zero-order valence-corrected chi connectivity index (χ0v) is 14.8. The molecule has 23 heavy (non-hydrogen) atoms. The third kappa shape index (κ3) is 2.99. The van der Waals surface area contributed by atoms with Crippen LogP contribution in [0.4, 0.5) is 10.6 Å². The molecule has 0 spiro atoms. The van der Waals surface area contributed by atoms with Crippen molar-refractivity contribution in [2.24, 2.45) is 11.3 Å². The van der Waals surface area contributed by atoms with E-state index >= 15 is 0 Å². The van der Waals surface area contributed by atoms with Gasteiger partial charge in [0, 0.05) is 39.6 Å². The number of hydrogen-bond acceptors (Lipinski definition) is 4. The molecule has 0 bridgehead atoms. The van der Waals surface area contributed by atoms with Gasteiger partial charge in [0.05, 0.1) is 5.69 Å². The molecule has 6 heteroatoms. The van der Waals surface area contributed by atoms with E-state index in [1.807, 2.05) is 30.0 Å². The molecule has 6 nitrogen and oxygen atoms in total. The SMILES string of the molecule is CC(C)C1(C)CC1NC(=O)N1CCc2nnc(N(C)C)cc2C1. The Morgan fingerprint density at radius 2 is 2.17 bits per heavy atom. The number of anilines is 1. The number of carbonyl (C=O) groups is 1. The molecular formula is C17H27N5O. The van der Waals surface area contributed by atoms with E-state index in [1.165, 1.54) is 0 Å². The number of rotatable bonds is 3. The predicted molar refractivity (Wildman–Crippen MR) is 90.4 cm³/mol. The Balaban J connectivity index is 1.65. The van der Waals surface area contributed by atoms with E-state index in [9.17, 15) is 4.79 Å². The first-order valence-corrected chi connectivity index (χ1v) is 8.39. The number of nitrogens with one attached hydrogen (secondary N) is 1. The summed E-state index contributed by atoms with van der Waals surface area (Å²) >= 11 is 0. The third-order valence-electron chi connectivity index (χ3n) is 5.57. The lowest BCUT2D eigenvalue weighted by Gasteiger charge is -2.29. The molecule has 1 aromatic rings. The number of hydrogen-bond donors (Lipinski definition) is 1. The molecule has 0 aromatic carbocycles. The minimum atomic E-state index is 0.0493. The van der Waals surface area contributed by atoms with Crippen molar-refractivity contribution in [3.63, 3.8) is 0 Å². The molecule has 126 valence electrons. The van der Waals surface area contributed by atoms with Crippen molar-refractivity contribution < 1.29 is 4.79 Å². The molecular weight excluding hydrogens is 290 g/mol. The Bertz CT molecular complexity index is 615. The lowest BCUT2D eigenvalue weighted by atomic mass is 9.94. The summed E-state index contributed by atoms with van der Waals surface area (Å²) in [5.41, 5.74) is 2.37. The van der Waals surface area contributed by atoms with Gasteiger partial charge in [-0.2, -0.15) is 5.10 Å². The van der Waals surface area contributed by atoms with Crippen molar-refractivity contribution in [2.45, 2.75) is 46.2 Å². The normalized spacial score (nSPS) is 26.0. The van der Waals surface area contributed by atoms with Gasteiger partial charge in [-0.3, -0.25) is 0 Å². The fraction of sp³-hybridized carbons (Fsp3) is 0.706. The molecule has 2 amide bonds. The zero-order valence-electron chi connectivity index (χ0n) is 14.8. The van der Waals surface area contributed by atoms with Crippen molar-refractivity contribution >= 4 is 11.8 Å². The average Bonchev–Trinajstić information content (AvgIpc) is 3.17. The number of amides is 2. The zero-order chi connectivity index (χ0) is 16.8. The van der Waals surface area contributed by atoms with Crippen molar-refractivity contribution in [3.8, 4) is 0 Å². The fourth-order valence-electron chi connectivity index (χ4n) is 3.18. The lowest BCUT2D eigenvalue weighted by molar-refractivity contribution is 0.188. The van der Waals surface area contributed by atoms with E-state index in [2.05, 4.69) is 36.3 Å². The Hall–Kier alpha value is -1.85. The number of carbonyl (C=O) groups excluding carboxylic acids is 1. The van der Waals surface area contributed by atoms with Crippen LogP contribution in [0.2, 0.25) is 0 Å². The average molecular weight is 317 g/mol. The van der Waals surface area contributed by atoms with Gasteiger partial charge >= 0.3 is 6.03 Å². The molecule has 1 aliphatic carbocycles. The maximum Gasteiger partial charge on any atom is 0.317 e. The third-order valence-corrected chi connectivity index (χ3v) is 5.57. The van der Waals surface area contributed by atoms with Gasteiger partial charge in [-0.1, -0.05) is 20.8 Å². The van der Waals surface area contributed by atoms with Gasteiger partial charge in [0.15, 0.2) is 5.82 Å². The topological polar surface area (TPSA) is 61.4 Å². The summed E-state index contributed by atoms with van der Waals surface area (Å²) in [6, 6.07) is 2.40. The van der Waals surface area contributed by atoms with Crippen LogP contribution in [0.5, 0.6) is 0 Å². The number of urea groups is 1. The highest BCUT2D eigenvalue weighted by Crippen LogP contribution is 2.51. The molecule has 1 N–H and O–H groups in total. The summed E-state index contributed by atoms with van der Waals surface area (Å²) in [5, 5.41) is 11.7. The van der Waals surface area contributed by atoms with E-state index in [4.69, 9.17) is 0 Å². The first kappa shape index (κ1) is 16.0. The Morgan fingerprint density at radius 1 is 1.43 bits per heavy atom. The standard InChI is InChI=1S/C17H27N5O/c1-11(2)17(3)9-14(17)18-16(23)22-7-6-13-12(10-22)8-15(20-19-13)21(4)5/h8,11,14H,6-7,9-10H2,1-5H3,(H,18,23). The molecule has 2 heterocycles. The highest BCUT2D eigenvalue weighted by atomic mass is 16.2. The fourth-order valence-corrected chi connectivity index (χ4v) is 3.18. The maximum absolute atomic E-state index is 12.6. The monoisotopic (exact) mass is 317 g/mol. The van der Waals surface area contributed by atoms with Gasteiger partial charge in [-0.25, -0.2) is 4.79 Å². The summed E-state index contributed by atoms with van der Waals surface area (Å²) in [6.07, 6.45) is 1.85. The Morgan fingerprint density at radius 3 is 2.78 bits per heavy atom. The Labute approximate surface area is 138 Å². The number of fused-ring (bicyclic) bond motifs is 1. The van der Waals surface area contributed by atoms with E-state index in [-0.39, 0.29) is 11.4 Å². The van der Waals surface area contributed by atoms with Gasteiger partial charge in [-0.15, -0.1) is 5.10 Å². The van der Waals surface area contributed by atoms with Crippen LogP contribution in [0, 0.1) is 11.3 Å². The molecule has 1 aliphatic heterocycles. The van der Waals surface area contributed by atoms with Gasteiger partial charge in [0.25, 0.3) is 0 Å². The van der Waals surface area contributed by atoms with Crippen LogP contribution in [-0.4, -0.2) is 47.8 Å². The van der Waals surface area contributed by atoms with Crippen LogP contribution in [-0.2, 0) is 13.0 Å². The number of aromatic nitrogens is 2. The maximum atomic E-state index is 12.6. The van der Waals surface area contributed by atoms with Crippen molar-refractivity contribution in [1.29, 1.82) is 0 Å². The first-order chi connectivity index (χ1) is 10.8. The minimum absolute atomic E-state index is 0.0493. The van der Waals surface area contributed by atoms with Gasteiger partial charge in [0.2, 0.25) is 0 Å². The molecule has 1 saturated carbocycles. The lowest BCUT2D eigenvalue weighted by Crippen LogP contribution is -2.45. The van der Waals surface area contributed by atoms with Crippen molar-refractivity contribution in [3.05, 3.63) is 17.3 Å². The van der Waals surface area contributed by atoms with Crippen LogP contribution < -0.4 is 10.2 Å². The van der Waals surface area contributed by atoms with Crippen molar-refractivity contribution in [2.75, 3.05) is 25.5 Å². The molecule has 3 rings (SSSR count). The molecule has 2 aliphatic rings. The van der Waals surface area contributed by atoms with Crippen LogP contribution in [0.25, 0.3) is 0 Å². The van der Waals surface area contributed by atoms with Crippen LogP contribution in [0.1, 0.15) is 38.4 Å². The second-order valence-corrected chi connectivity index (χ2v) is 7.61. The van der Waals surface area contributed by atoms with Crippen LogP contribution in [0.3, 0.4) is 0 Å². The molecule has 1 fully saturated rings. The van der Waals surface area contributed by atoms with Gasteiger partial charge < -0.3 is 15.1 Å². The molecule has 1 aromatic heterocycles. The van der Waals surface area contributed by atoms with Crippen LogP contribution >= 0.6 is 0 Å². The highest BCUT2D eigenvalue weighted by Gasteiger charge is 2.53. The predicted octanol–water partition coefficient (Wildman–Crippen LogP) is 2.04. The van der Waals surface area contributed by atoms with Crippen LogP contribution in [0.15, 0.2) is 6.07 Å². The summed E-state index contributed by atoms with van der Waals surface area (Å²) in [5.74, 6) is 1.42. The molecule has 0 radical (unpaired) electrons. The van der Waals surface area contributed by atoms with Crippen molar-refractivity contribution in [1.82, 2.24) is 20.4 Å². The molecule has 2 unspecified atom stereocenters. The largest absolute Gasteiger partial charge is 0.361 e. The summed E-state index contributed by atoms with van der Waals surface area (Å²) in [4.78, 5) is 16.4. The number of nitrogens with zero attached hydrogens (tertiary/aromatic N) is 4. The second kappa shape index (κ2) is 5.65. The quantitative estimate of drug-likeness (QED) is 0.927. The Kier molecular flexibility index (Phi) is 3.94. The smallest absolute Gasteiger partial charge is 0.317 e.